The second-order valence-corrected chi connectivity index (χ2v) is 11.3. The number of likely N-dealkylation sites (tertiary alicyclic amines) is 1. The van der Waals surface area contributed by atoms with Gasteiger partial charge in [0.15, 0.2) is 0 Å². The van der Waals surface area contributed by atoms with Gasteiger partial charge in [0.2, 0.25) is 0 Å². The Bertz CT molecular complexity index is 1300. The molecule has 6 heteroatoms. The fourth-order valence-electron chi connectivity index (χ4n) is 6.06. The Kier molecular flexibility index (Phi) is 9.95. The number of nitrogens with zero attached hydrogens (tertiary/aromatic N) is 4. The van der Waals surface area contributed by atoms with Gasteiger partial charge in [-0.1, -0.05) is 66.8 Å². The summed E-state index contributed by atoms with van der Waals surface area (Å²) in [5, 5.41) is 14.5. The van der Waals surface area contributed by atoms with Crippen molar-refractivity contribution in [2.24, 2.45) is 5.92 Å². The summed E-state index contributed by atoms with van der Waals surface area (Å²) >= 11 is 0. The van der Waals surface area contributed by atoms with Gasteiger partial charge >= 0.3 is 5.97 Å². The molecule has 2 fully saturated rings. The van der Waals surface area contributed by atoms with Crippen LogP contribution in [0.3, 0.4) is 0 Å². The van der Waals surface area contributed by atoms with Crippen LogP contribution >= 0.6 is 0 Å². The van der Waals surface area contributed by atoms with Crippen LogP contribution in [0.15, 0.2) is 84.8 Å². The second-order valence-electron chi connectivity index (χ2n) is 11.3. The van der Waals surface area contributed by atoms with Crippen molar-refractivity contribution >= 4 is 11.5 Å². The highest BCUT2D eigenvalue weighted by Crippen LogP contribution is 2.39. The molecule has 0 atom stereocenters. The molecule has 4 rings (SSSR count). The highest BCUT2D eigenvalue weighted by Gasteiger charge is 2.48. The minimum Gasteiger partial charge on any atom is -0.461 e. The molecule has 0 unspecified atom stereocenters. The lowest BCUT2D eigenvalue weighted by atomic mass is 9.79. The SMILES string of the molecule is C=C(C)C(/C=C\C)=C(\C=C/C)c1cnn(C2(CC#N)CN(C3CCC(CC(=O)OCc4ccccc4)CC3)C2)c1. The van der Waals surface area contributed by atoms with Crippen molar-refractivity contribution < 1.29 is 9.53 Å². The van der Waals surface area contributed by atoms with Crippen LogP contribution in [-0.4, -0.2) is 39.8 Å². The van der Waals surface area contributed by atoms with E-state index in [0.29, 0.717) is 31.4 Å². The van der Waals surface area contributed by atoms with E-state index in [0.717, 1.165) is 66.6 Å². The van der Waals surface area contributed by atoms with Gasteiger partial charge in [-0.25, -0.2) is 0 Å². The van der Waals surface area contributed by atoms with Crippen LogP contribution < -0.4 is 0 Å². The number of hydrogen-bond acceptors (Lipinski definition) is 5. The van der Waals surface area contributed by atoms with Crippen molar-refractivity contribution in [1.82, 2.24) is 14.7 Å². The van der Waals surface area contributed by atoms with Gasteiger partial charge in [-0.2, -0.15) is 10.4 Å². The number of aromatic nitrogens is 2. The number of nitriles is 1. The zero-order valence-electron chi connectivity index (χ0n) is 24.2. The first kappa shape index (κ1) is 29.3. The van der Waals surface area contributed by atoms with E-state index in [-0.39, 0.29) is 11.5 Å². The summed E-state index contributed by atoms with van der Waals surface area (Å²) in [6.45, 7) is 12.2. The maximum atomic E-state index is 12.4. The molecule has 6 nitrogen and oxygen atoms in total. The fraction of sp³-hybridized carbons (Fsp3) is 0.441. The van der Waals surface area contributed by atoms with E-state index in [2.05, 4.69) is 35.9 Å². The lowest BCUT2D eigenvalue weighted by molar-refractivity contribution is -0.146. The first-order valence-corrected chi connectivity index (χ1v) is 14.4. The molecule has 1 aliphatic heterocycles. The van der Waals surface area contributed by atoms with Gasteiger partial charge in [0.05, 0.1) is 18.7 Å². The van der Waals surface area contributed by atoms with Crippen LogP contribution in [0, 0.1) is 17.2 Å². The van der Waals surface area contributed by atoms with Gasteiger partial charge < -0.3 is 4.74 Å². The van der Waals surface area contributed by atoms with Crippen molar-refractivity contribution in [2.75, 3.05) is 13.1 Å². The maximum absolute atomic E-state index is 12.4. The molecule has 0 radical (unpaired) electrons. The average molecular weight is 539 g/mol. The Labute approximate surface area is 239 Å². The zero-order chi connectivity index (χ0) is 28.5. The molecule has 0 bridgehead atoms. The van der Waals surface area contributed by atoms with E-state index in [1.54, 1.807) is 0 Å². The molecule has 210 valence electrons. The fourth-order valence-corrected chi connectivity index (χ4v) is 6.06. The van der Waals surface area contributed by atoms with Crippen molar-refractivity contribution in [3.63, 3.8) is 0 Å². The van der Waals surface area contributed by atoms with Crippen LogP contribution in [-0.2, 0) is 21.7 Å². The Morgan fingerprint density at radius 2 is 1.85 bits per heavy atom. The molecule has 1 aromatic carbocycles. The zero-order valence-corrected chi connectivity index (χ0v) is 24.2. The van der Waals surface area contributed by atoms with Crippen LogP contribution in [0.25, 0.3) is 5.57 Å². The molecule has 2 aromatic rings. The predicted octanol–water partition coefficient (Wildman–Crippen LogP) is 6.98. The van der Waals surface area contributed by atoms with Gasteiger partial charge in [0, 0.05) is 37.3 Å². The third-order valence-electron chi connectivity index (χ3n) is 8.23. The van der Waals surface area contributed by atoms with Gasteiger partial charge in [0.1, 0.15) is 12.1 Å². The molecule has 1 aromatic heterocycles. The molecule has 0 spiro atoms. The first-order valence-electron chi connectivity index (χ1n) is 14.4. The van der Waals surface area contributed by atoms with Crippen molar-refractivity contribution in [3.05, 3.63) is 95.9 Å². The van der Waals surface area contributed by atoms with E-state index in [1.165, 1.54) is 0 Å². The molecular weight excluding hydrogens is 496 g/mol. The molecule has 1 aliphatic carbocycles. The minimum absolute atomic E-state index is 0.102. The van der Waals surface area contributed by atoms with Gasteiger partial charge in [-0.15, -0.1) is 0 Å². The van der Waals surface area contributed by atoms with Crippen LogP contribution in [0.2, 0.25) is 0 Å². The Morgan fingerprint density at radius 3 is 2.48 bits per heavy atom. The molecule has 2 aliphatic rings. The monoisotopic (exact) mass is 538 g/mol. The summed E-state index contributed by atoms with van der Waals surface area (Å²) in [7, 11) is 0. The molecule has 40 heavy (non-hydrogen) atoms. The Balaban J connectivity index is 1.34. The number of allylic oxidation sites excluding steroid dienone is 7. The van der Waals surface area contributed by atoms with Gasteiger partial charge in [-0.3, -0.25) is 14.4 Å². The number of esters is 1. The lowest BCUT2D eigenvalue weighted by Gasteiger charge is -2.53. The van der Waals surface area contributed by atoms with E-state index in [9.17, 15) is 10.1 Å². The van der Waals surface area contributed by atoms with E-state index >= 15 is 0 Å². The molecule has 2 heterocycles. The third kappa shape index (κ3) is 6.89. The third-order valence-corrected chi connectivity index (χ3v) is 8.23. The second kappa shape index (κ2) is 13.6. The number of hydrogen-bond donors (Lipinski definition) is 0. The topological polar surface area (TPSA) is 71.2 Å². The standard InChI is InChI=1S/C34H42N4O2/c1-5-10-31(26(3)4)32(11-6-2)29-21-36-38(22-29)34(18-19-35)24-37(25-34)30-16-14-27(15-17-30)20-33(39)40-23-28-12-8-7-9-13-28/h5-13,21-22,27,30H,3,14-18,20,23-25H2,1-2,4H3/b10-5-,11-6-,32-31+. The molecule has 1 saturated carbocycles. The van der Waals surface area contributed by atoms with Gasteiger partial charge in [0.25, 0.3) is 0 Å². The quantitative estimate of drug-likeness (QED) is 0.228. The lowest BCUT2D eigenvalue weighted by Crippen LogP contribution is -2.65. The van der Waals surface area contributed by atoms with E-state index in [1.807, 2.05) is 74.1 Å². The van der Waals surface area contributed by atoms with Gasteiger partial charge in [-0.05, 0) is 69.1 Å². The smallest absolute Gasteiger partial charge is 0.306 e. The van der Waals surface area contributed by atoms with Crippen LogP contribution in [0.4, 0.5) is 0 Å². The highest BCUT2D eigenvalue weighted by molar-refractivity contribution is 5.81. The number of carbonyl (C=O) groups excluding carboxylic acids is 1. The van der Waals surface area contributed by atoms with E-state index < -0.39 is 0 Å². The number of rotatable bonds is 11. The Hall–Kier alpha value is -3.69. The first-order chi connectivity index (χ1) is 19.4. The van der Waals surface area contributed by atoms with E-state index in [4.69, 9.17) is 9.84 Å². The van der Waals surface area contributed by atoms with Crippen LogP contribution in [0.5, 0.6) is 0 Å². The number of benzene rings is 1. The number of ether oxygens (including phenoxy) is 1. The van der Waals surface area contributed by atoms with Crippen molar-refractivity contribution in [2.45, 2.75) is 77.5 Å². The van der Waals surface area contributed by atoms with Crippen molar-refractivity contribution in [3.8, 4) is 6.07 Å². The summed E-state index contributed by atoms with van der Waals surface area (Å²) in [6.07, 6.45) is 17.4. The number of carbonyl (C=O) groups is 1. The highest BCUT2D eigenvalue weighted by atomic mass is 16.5. The molecule has 1 saturated heterocycles. The summed E-state index contributed by atoms with van der Waals surface area (Å²) in [4.78, 5) is 14.9. The van der Waals surface area contributed by atoms with Crippen LogP contribution in [0.1, 0.15) is 70.4 Å². The molecular formula is C34H42N4O2. The maximum Gasteiger partial charge on any atom is 0.306 e. The summed E-state index contributed by atoms with van der Waals surface area (Å²) in [5.74, 6) is 0.282. The summed E-state index contributed by atoms with van der Waals surface area (Å²) in [5.41, 5.74) is 4.92. The minimum atomic E-state index is -0.309. The molecule has 0 amide bonds. The largest absolute Gasteiger partial charge is 0.461 e. The summed E-state index contributed by atoms with van der Waals surface area (Å²) in [6, 6.07) is 12.7. The molecule has 0 N–H and O–H groups in total. The van der Waals surface area contributed by atoms with Crippen molar-refractivity contribution in [1.29, 1.82) is 5.26 Å². The average Bonchev–Trinajstić information content (AvgIpc) is 3.43. The normalized spacial score (nSPS) is 21.6. The Morgan fingerprint density at radius 1 is 1.15 bits per heavy atom. The summed E-state index contributed by atoms with van der Waals surface area (Å²) < 4.78 is 7.53. The predicted molar refractivity (Wildman–Crippen MR) is 160 cm³/mol.